The van der Waals surface area contributed by atoms with Crippen molar-refractivity contribution in [2.24, 2.45) is 5.11 Å². The van der Waals surface area contributed by atoms with E-state index in [1.807, 2.05) is 140 Å². The first kappa shape index (κ1) is 25.7. The third kappa shape index (κ3) is 3.85. The molecule has 1 saturated heterocycles. The molecule has 0 aliphatic carbocycles. The summed E-state index contributed by atoms with van der Waals surface area (Å²) in [6, 6.07) is 45.1. The minimum Gasteiger partial charge on any atom is -0.276 e. The van der Waals surface area contributed by atoms with E-state index in [9.17, 15) is 4.79 Å². The molecule has 1 fully saturated rings. The van der Waals surface area contributed by atoms with Crippen molar-refractivity contribution in [3.05, 3.63) is 165 Å². The summed E-state index contributed by atoms with van der Waals surface area (Å²) in [6.45, 7) is 0. The average Bonchev–Trinajstić information content (AvgIpc) is 3.47. The summed E-state index contributed by atoms with van der Waals surface area (Å²) < 4.78 is 1.87. The minimum atomic E-state index is -1.30. The van der Waals surface area contributed by atoms with Crippen LogP contribution in [0.5, 0.6) is 0 Å². The van der Waals surface area contributed by atoms with Gasteiger partial charge in [-0.25, -0.2) is 4.79 Å². The summed E-state index contributed by atoms with van der Waals surface area (Å²) in [4.78, 5) is 20.2. The number of amides is 2. The number of halogens is 2. The van der Waals surface area contributed by atoms with Gasteiger partial charge >= 0.3 is 6.03 Å². The van der Waals surface area contributed by atoms with Crippen molar-refractivity contribution >= 4 is 55.0 Å². The lowest BCUT2D eigenvalue weighted by Gasteiger charge is -2.45. The molecule has 7 rings (SSSR count). The van der Waals surface area contributed by atoms with Crippen LogP contribution < -0.4 is 9.80 Å². The van der Waals surface area contributed by atoms with E-state index in [2.05, 4.69) is 31.9 Å². The van der Waals surface area contributed by atoms with Crippen molar-refractivity contribution < 1.29 is 9.60 Å². The second-order valence-corrected chi connectivity index (χ2v) is 11.6. The number of benzene rings is 5. The first-order valence-electron chi connectivity index (χ1n) is 13.1. The molecule has 200 valence electrons. The van der Waals surface area contributed by atoms with Crippen molar-refractivity contribution in [1.82, 2.24) is 0 Å². The molecule has 2 amide bonds. The van der Waals surface area contributed by atoms with Crippen LogP contribution in [0.1, 0.15) is 11.1 Å². The third-order valence-electron chi connectivity index (χ3n) is 7.50. The lowest BCUT2D eigenvalue weighted by molar-refractivity contribution is -0.457. The summed E-state index contributed by atoms with van der Waals surface area (Å²) in [5.74, 6) is 0. The molecule has 5 aromatic rings. The maximum absolute atomic E-state index is 14.9. The second-order valence-electron chi connectivity index (χ2n) is 9.81. The number of hydrogen-bond donors (Lipinski definition) is 0. The zero-order chi connectivity index (χ0) is 28.0. The van der Waals surface area contributed by atoms with E-state index in [0.29, 0.717) is 5.69 Å². The van der Waals surface area contributed by atoms with Crippen molar-refractivity contribution in [2.45, 2.75) is 11.3 Å². The van der Waals surface area contributed by atoms with Crippen LogP contribution in [0, 0.1) is 0 Å². The highest BCUT2D eigenvalue weighted by Gasteiger charge is 2.71. The number of hydrogen-bond acceptors (Lipinski definition) is 2. The minimum absolute atomic E-state index is 0.228. The van der Waals surface area contributed by atoms with Gasteiger partial charge in [0.15, 0.2) is 11.3 Å². The number of azo groups is 1. The molecule has 8 heteroatoms. The van der Waals surface area contributed by atoms with Crippen LogP contribution in [-0.2, 0) is 11.3 Å². The molecule has 2 atom stereocenters. The van der Waals surface area contributed by atoms with Gasteiger partial charge in [0.05, 0.1) is 0 Å². The molecular formula is C33H23Br2N5O. The molecule has 2 unspecified atom stereocenters. The number of carbonyl (C=O) groups excluding carboxylic acids is 1. The Morgan fingerprint density at radius 3 is 1.66 bits per heavy atom. The Morgan fingerprint density at radius 2 is 1.07 bits per heavy atom. The molecule has 5 aromatic carbocycles. The molecule has 2 aliphatic rings. The number of rotatable bonds is 5. The van der Waals surface area contributed by atoms with Gasteiger partial charge in [0.25, 0.3) is 0 Å². The standard InChI is InChI=1S/C33H23Br2N5O/c34-26-16-20-29(21-17-26)39-31(41)38(28-14-8-3-9-15-28)32(24-10-4-1-5-11-24)33(39,25-12-6-2-7-13-25)37-40(36-32)30-22-18-27(35)19-23-30/h1-23H. The Hall–Kier alpha value is -4.27. The van der Waals surface area contributed by atoms with Crippen LogP contribution in [0.15, 0.2) is 154 Å². The summed E-state index contributed by atoms with van der Waals surface area (Å²) in [6.07, 6.45) is 0. The van der Waals surface area contributed by atoms with Gasteiger partial charge in [-0.15, -0.1) is 4.81 Å². The van der Waals surface area contributed by atoms with E-state index < -0.39 is 11.3 Å². The zero-order valence-electron chi connectivity index (χ0n) is 21.7. The van der Waals surface area contributed by atoms with Crippen LogP contribution in [0.2, 0.25) is 0 Å². The van der Waals surface area contributed by atoms with E-state index in [-0.39, 0.29) is 6.03 Å². The molecule has 0 aromatic heterocycles. The molecule has 6 nitrogen and oxygen atoms in total. The van der Waals surface area contributed by atoms with Crippen LogP contribution in [-0.4, -0.2) is 10.8 Å². The maximum atomic E-state index is 14.9. The van der Waals surface area contributed by atoms with Gasteiger partial charge in [0, 0.05) is 32.5 Å². The smallest absolute Gasteiger partial charge is 0.276 e. The summed E-state index contributed by atoms with van der Waals surface area (Å²) in [7, 11) is 0. The predicted molar refractivity (Wildman–Crippen MR) is 167 cm³/mol. The second kappa shape index (κ2) is 9.98. The molecule has 2 aliphatic heterocycles. The van der Waals surface area contributed by atoms with E-state index in [0.717, 1.165) is 31.4 Å². The fourth-order valence-corrected chi connectivity index (χ4v) is 6.31. The average molecular weight is 665 g/mol. The molecule has 0 radical (unpaired) electrons. The Kier molecular flexibility index (Phi) is 6.25. The lowest BCUT2D eigenvalue weighted by atomic mass is 9.81. The number of carbonyl (C=O) groups is 1. The number of para-hydroxylation sites is 1. The molecule has 0 saturated carbocycles. The fourth-order valence-electron chi connectivity index (χ4n) is 5.78. The first-order valence-corrected chi connectivity index (χ1v) is 14.7. The van der Waals surface area contributed by atoms with Gasteiger partial charge in [-0.3, -0.25) is 9.80 Å². The van der Waals surface area contributed by atoms with E-state index >= 15 is 0 Å². The van der Waals surface area contributed by atoms with Crippen molar-refractivity contribution in [1.29, 1.82) is 0 Å². The monoisotopic (exact) mass is 663 g/mol. The molecular weight excluding hydrogens is 642 g/mol. The molecule has 2 heterocycles. The molecule has 41 heavy (non-hydrogen) atoms. The van der Waals surface area contributed by atoms with E-state index in [1.165, 1.54) is 0 Å². The number of anilines is 2. The molecule has 0 spiro atoms. The van der Waals surface area contributed by atoms with Crippen molar-refractivity contribution in [2.75, 3.05) is 9.80 Å². The van der Waals surface area contributed by atoms with Crippen molar-refractivity contribution in [3.8, 4) is 0 Å². The van der Waals surface area contributed by atoms with Gasteiger partial charge < -0.3 is 0 Å². The fraction of sp³-hybridized carbons (Fsp3) is 0.0606. The lowest BCUT2D eigenvalue weighted by Crippen LogP contribution is -2.53. The van der Waals surface area contributed by atoms with Crippen LogP contribution in [0.4, 0.5) is 21.9 Å². The summed E-state index contributed by atoms with van der Waals surface area (Å²) in [5, 5.41) is 5.41. The number of urea groups is 1. The predicted octanol–water partition coefficient (Wildman–Crippen LogP) is 9.46. The van der Waals surface area contributed by atoms with Crippen molar-refractivity contribution in [3.63, 3.8) is 0 Å². The summed E-state index contributed by atoms with van der Waals surface area (Å²) >= 11 is 7.10. The largest absolute Gasteiger partial charge is 0.330 e. The number of nitrogens with zero attached hydrogens (tertiary/aromatic N) is 5. The highest BCUT2D eigenvalue weighted by molar-refractivity contribution is 9.10. The van der Waals surface area contributed by atoms with E-state index in [4.69, 9.17) is 10.5 Å². The van der Waals surface area contributed by atoms with Crippen LogP contribution in [0.25, 0.3) is 5.43 Å². The van der Waals surface area contributed by atoms with Crippen LogP contribution >= 0.6 is 31.9 Å². The van der Waals surface area contributed by atoms with Gasteiger partial charge in [-0.2, -0.15) is 10.5 Å². The third-order valence-corrected chi connectivity index (χ3v) is 8.56. The topological polar surface area (TPSA) is 53.0 Å². The Morgan fingerprint density at radius 1 is 0.585 bits per heavy atom. The maximum Gasteiger partial charge on any atom is 0.330 e. The van der Waals surface area contributed by atoms with Gasteiger partial charge in [-0.05, 0) is 59.7 Å². The Bertz CT molecular complexity index is 1750. The quantitative estimate of drug-likeness (QED) is 0.173. The van der Waals surface area contributed by atoms with Gasteiger partial charge in [-0.1, -0.05) is 111 Å². The number of fused-ring (bicyclic) bond motifs is 1. The van der Waals surface area contributed by atoms with Crippen LogP contribution in [0.3, 0.4) is 0 Å². The Balaban J connectivity index is 1.62. The highest BCUT2D eigenvalue weighted by Crippen LogP contribution is 2.64. The zero-order valence-corrected chi connectivity index (χ0v) is 24.9. The Labute approximate surface area is 254 Å². The van der Waals surface area contributed by atoms with Gasteiger partial charge in [0.1, 0.15) is 0 Å². The summed E-state index contributed by atoms with van der Waals surface area (Å²) in [5.41, 5.74) is 6.69. The SMILES string of the molecule is O=C1N(c2ccccc2)C2(c3ccccc3)N=[N+](c3ccc(Br)cc3)[N-]C2(c2ccccc2)N1c1ccc(Br)cc1. The highest BCUT2D eigenvalue weighted by atomic mass is 79.9. The molecule has 0 N–H and O–H groups in total. The molecule has 0 bridgehead atoms. The van der Waals surface area contributed by atoms with E-state index in [1.54, 1.807) is 14.6 Å². The van der Waals surface area contributed by atoms with Gasteiger partial charge in [0.2, 0.25) is 5.69 Å². The first-order chi connectivity index (χ1) is 20.0. The normalized spacial score (nSPS) is 21.4.